The van der Waals surface area contributed by atoms with Crippen molar-refractivity contribution in [1.29, 1.82) is 0 Å². The van der Waals surface area contributed by atoms with Crippen molar-refractivity contribution in [3.05, 3.63) is 65.5 Å². The smallest absolute Gasteiger partial charge is 0.252 e. The second kappa shape index (κ2) is 6.79. The molecule has 3 heterocycles. The minimum atomic E-state index is -0.787. The lowest BCUT2D eigenvalue weighted by Crippen LogP contribution is -2.27. The Bertz CT molecular complexity index is 998. The molecular formula is C19H16F2N4O2. The van der Waals surface area contributed by atoms with Crippen LogP contribution in [0.2, 0.25) is 0 Å². The van der Waals surface area contributed by atoms with Crippen LogP contribution in [-0.2, 0) is 6.54 Å². The fourth-order valence-electron chi connectivity index (χ4n) is 3.18. The molecule has 138 valence electrons. The van der Waals surface area contributed by atoms with E-state index in [-0.39, 0.29) is 11.6 Å². The van der Waals surface area contributed by atoms with Gasteiger partial charge in [0.15, 0.2) is 0 Å². The Hall–Kier alpha value is -3.29. The summed E-state index contributed by atoms with van der Waals surface area (Å²) in [5.74, 6) is -1.62. The van der Waals surface area contributed by atoms with Crippen molar-refractivity contribution in [3.63, 3.8) is 0 Å². The van der Waals surface area contributed by atoms with E-state index < -0.39 is 17.5 Å². The number of aryl methyl sites for hydroxylation is 1. The molecule has 27 heavy (non-hydrogen) atoms. The number of ether oxygens (including phenoxy) is 1. The lowest BCUT2D eigenvalue weighted by Gasteiger charge is -2.12. The highest BCUT2D eigenvalue weighted by Gasteiger charge is 2.27. The molecule has 6 nitrogen and oxygen atoms in total. The molecule has 1 aliphatic heterocycles. The maximum absolute atomic E-state index is 13.3. The Balaban J connectivity index is 1.56. The van der Waals surface area contributed by atoms with Crippen LogP contribution in [0.3, 0.4) is 0 Å². The number of nitrogens with zero attached hydrogens (tertiary/aromatic N) is 3. The molecule has 0 aliphatic carbocycles. The summed E-state index contributed by atoms with van der Waals surface area (Å²) < 4.78 is 33.6. The van der Waals surface area contributed by atoms with Gasteiger partial charge in [-0.15, -0.1) is 0 Å². The molecule has 1 aliphatic rings. The molecule has 8 heteroatoms. The van der Waals surface area contributed by atoms with Gasteiger partial charge in [0.05, 0.1) is 24.5 Å². The average Bonchev–Trinajstić information content (AvgIpc) is 3.23. The highest BCUT2D eigenvalue weighted by atomic mass is 19.1. The van der Waals surface area contributed by atoms with Crippen LogP contribution in [0.1, 0.15) is 28.5 Å². The molecule has 0 unspecified atom stereocenters. The largest absolute Gasteiger partial charge is 0.481 e. The first kappa shape index (κ1) is 17.1. The van der Waals surface area contributed by atoms with Crippen LogP contribution in [0.25, 0.3) is 11.3 Å². The second-order valence-corrected chi connectivity index (χ2v) is 6.24. The van der Waals surface area contributed by atoms with Gasteiger partial charge in [0.1, 0.15) is 11.6 Å². The van der Waals surface area contributed by atoms with Gasteiger partial charge < -0.3 is 10.1 Å². The zero-order chi connectivity index (χ0) is 19.0. The van der Waals surface area contributed by atoms with Gasteiger partial charge in [-0.25, -0.2) is 13.8 Å². The minimum Gasteiger partial charge on any atom is -0.481 e. The van der Waals surface area contributed by atoms with E-state index in [0.29, 0.717) is 18.8 Å². The number of pyridine rings is 1. The van der Waals surface area contributed by atoms with Gasteiger partial charge >= 0.3 is 0 Å². The molecule has 4 rings (SSSR count). The fourth-order valence-corrected chi connectivity index (χ4v) is 3.18. The number of carbonyl (C=O) groups excluding carboxylic acids is 1. The summed E-state index contributed by atoms with van der Waals surface area (Å²) in [5.41, 5.74) is 2.37. The quantitative estimate of drug-likeness (QED) is 0.766. The fraction of sp³-hybridized carbons (Fsp3) is 0.211. The molecule has 0 radical (unpaired) electrons. The van der Waals surface area contributed by atoms with Crippen LogP contribution < -0.4 is 10.1 Å². The van der Waals surface area contributed by atoms with E-state index in [4.69, 9.17) is 4.74 Å². The van der Waals surface area contributed by atoms with Crippen molar-refractivity contribution in [2.24, 2.45) is 0 Å². The average molecular weight is 370 g/mol. The van der Waals surface area contributed by atoms with Gasteiger partial charge in [0.25, 0.3) is 5.91 Å². The molecule has 0 saturated heterocycles. The van der Waals surface area contributed by atoms with E-state index in [1.165, 1.54) is 0 Å². The molecule has 0 spiro atoms. The highest BCUT2D eigenvalue weighted by Crippen LogP contribution is 2.30. The Kier molecular flexibility index (Phi) is 4.31. The maximum atomic E-state index is 13.3. The normalized spacial score (nSPS) is 15.4. The van der Waals surface area contributed by atoms with E-state index in [2.05, 4.69) is 15.4 Å². The van der Waals surface area contributed by atoms with Crippen LogP contribution in [0.4, 0.5) is 8.78 Å². The van der Waals surface area contributed by atoms with E-state index in [1.54, 1.807) is 19.4 Å². The van der Waals surface area contributed by atoms with Crippen molar-refractivity contribution in [3.8, 4) is 17.1 Å². The first-order valence-electron chi connectivity index (χ1n) is 8.38. The summed E-state index contributed by atoms with van der Waals surface area (Å²) in [6.45, 7) is 0.639. The monoisotopic (exact) mass is 370 g/mol. The van der Waals surface area contributed by atoms with Crippen molar-refractivity contribution in [1.82, 2.24) is 20.1 Å². The van der Waals surface area contributed by atoms with Crippen LogP contribution >= 0.6 is 0 Å². The Labute approximate surface area is 153 Å². The second-order valence-electron chi connectivity index (χ2n) is 6.24. The van der Waals surface area contributed by atoms with E-state index >= 15 is 0 Å². The molecule has 3 aromatic rings. The summed E-state index contributed by atoms with van der Waals surface area (Å²) in [4.78, 5) is 16.5. The Morgan fingerprint density at radius 1 is 1.22 bits per heavy atom. The predicted octanol–water partition coefficient (Wildman–Crippen LogP) is 3.11. The SMILES string of the molecule is COc1cc(-c2cc3n(n2)CC[C@H]3NC(=O)c2cc(F)cc(F)c2)ccn1. The van der Waals surface area contributed by atoms with Crippen molar-refractivity contribution >= 4 is 5.91 Å². The first-order valence-corrected chi connectivity index (χ1v) is 8.38. The minimum absolute atomic E-state index is 0.0513. The number of amides is 1. The molecule has 1 amide bonds. The number of hydrogen-bond donors (Lipinski definition) is 1. The van der Waals surface area contributed by atoms with Gasteiger partial charge in [0, 0.05) is 36.0 Å². The lowest BCUT2D eigenvalue weighted by atomic mass is 10.1. The summed E-state index contributed by atoms with van der Waals surface area (Å²) in [7, 11) is 1.54. The number of aromatic nitrogens is 3. The molecule has 2 aromatic heterocycles. The van der Waals surface area contributed by atoms with Crippen LogP contribution in [0.5, 0.6) is 5.88 Å². The van der Waals surface area contributed by atoms with E-state index in [9.17, 15) is 13.6 Å². The zero-order valence-corrected chi connectivity index (χ0v) is 14.4. The van der Waals surface area contributed by atoms with Gasteiger partial charge in [-0.1, -0.05) is 0 Å². The highest BCUT2D eigenvalue weighted by molar-refractivity contribution is 5.94. The number of benzene rings is 1. The molecule has 0 bridgehead atoms. The number of rotatable bonds is 4. The van der Waals surface area contributed by atoms with E-state index in [1.807, 2.05) is 16.8 Å². The van der Waals surface area contributed by atoms with Crippen molar-refractivity contribution in [2.75, 3.05) is 7.11 Å². The molecule has 1 atom stereocenters. The van der Waals surface area contributed by atoms with Crippen molar-refractivity contribution in [2.45, 2.75) is 19.0 Å². The molecule has 0 saturated carbocycles. The van der Waals surface area contributed by atoms with Gasteiger partial charge in [-0.2, -0.15) is 5.10 Å². The summed E-state index contributed by atoms with van der Waals surface area (Å²) in [6.07, 6.45) is 2.29. The third kappa shape index (κ3) is 3.38. The van der Waals surface area contributed by atoms with Crippen LogP contribution in [-0.4, -0.2) is 27.8 Å². The van der Waals surface area contributed by atoms with Gasteiger partial charge in [-0.05, 0) is 30.7 Å². The number of halogens is 2. The predicted molar refractivity (Wildman–Crippen MR) is 93.2 cm³/mol. The number of fused-ring (bicyclic) bond motifs is 1. The topological polar surface area (TPSA) is 69.0 Å². The van der Waals surface area contributed by atoms with E-state index in [0.717, 1.165) is 35.2 Å². The number of carbonyl (C=O) groups is 1. The number of hydrogen-bond acceptors (Lipinski definition) is 4. The Morgan fingerprint density at radius 3 is 2.74 bits per heavy atom. The van der Waals surface area contributed by atoms with Crippen molar-refractivity contribution < 1.29 is 18.3 Å². The van der Waals surface area contributed by atoms with Crippen LogP contribution in [0, 0.1) is 11.6 Å². The summed E-state index contributed by atoms with van der Waals surface area (Å²) in [6, 6.07) is 7.97. The third-order valence-electron chi connectivity index (χ3n) is 4.47. The third-order valence-corrected chi connectivity index (χ3v) is 4.47. The summed E-state index contributed by atoms with van der Waals surface area (Å²) in [5, 5.41) is 7.38. The number of nitrogens with one attached hydrogen (secondary N) is 1. The molecular weight excluding hydrogens is 354 g/mol. The first-order chi connectivity index (χ1) is 13.0. The zero-order valence-electron chi connectivity index (χ0n) is 14.4. The summed E-state index contributed by atoms with van der Waals surface area (Å²) >= 11 is 0. The number of methoxy groups -OCH3 is 1. The standard InChI is InChI=1S/C19H16F2N4O2/c1-27-18-8-11(2-4-22-18)16-10-17-15(3-5-25(17)24-16)23-19(26)12-6-13(20)9-14(21)7-12/h2,4,6-10,15H,3,5H2,1H3,(H,23,26)/t15-/m1/s1. The molecule has 0 fully saturated rings. The van der Waals surface area contributed by atoms with Crippen LogP contribution in [0.15, 0.2) is 42.6 Å². The van der Waals surface area contributed by atoms with Gasteiger partial charge in [-0.3, -0.25) is 9.48 Å². The van der Waals surface area contributed by atoms with Gasteiger partial charge in [0.2, 0.25) is 5.88 Å². The lowest BCUT2D eigenvalue weighted by molar-refractivity contribution is 0.0935. The molecule has 1 aromatic carbocycles. The Morgan fingerprint density at radius 2 is 2.00 bits per heavy atom. The molecule has 1 N–H and O–H groups in total. The maximum Gasteiger partial charge on any atom is 0.252 e.